The number of hydrogen-bond donors (Lipinski definition) is 4. The molecule has 208 valence electrons. The Kier molecular flexibility index (Phi) is 7.53. The molecule has 4 atom stereocenters. The summed E-state index contributed by atoms with van der Waals surface area (Å²) < 4.78 is 36.4. The largest absolute Gasteiger partial charge is 0.492 e. The van der Waals surface area contributed by atoms with Crippen LogP contribution in [0.25, 0.3) is 22.3 Å². The zero-order chi connectivity index (χ0) is 27.8. The highest BCUT2D eigenvalue weighted by Crippen LogP contribution is 2.39. The van der Waals surface area contributed by atoms with Gasteiger partial charge in [0, 0.05) is 18.2 Å². The van der Waals surface area contributed by atoms with E-state index in [4.69, 9.17) is 4.74 Å². The molecule has 2 aromatic heterocycles. The summed E-state index contributed by atoms with van der Waals surface area (Å²) in [6.45, 7) is 5.21. The zero-order valence-corrected chi connectivity index (χ0v) is 22.2. The van der Waals surface area contributed by atoms with Gasteiger partial charge in [0.25, 0.3) is 5.91 Å². The second kappa shape index (κ2) is 10.9. The van der Waals surface area contributed by atoms with Crippen molar-refractivity contribution in [3.8, 4) is 17.0 Å². The lowest BCUT2D eigenvalue weighted by Gasteiger charge is -2.32. The fourth-order valence-corrected chi connectivity index (χ4v) is 5.06. The molecule has 0 unspecified atom stereocenters. The number of aliphatic hydroxyl groups excluding tert-OH is 1. The number of aliphatic hydroxyl groups is 1. The Morgan fingerprint density at radius 1 is 1.18 bits per heavy atom. The van der Waals surface area contributed by atoms with E-state index < -0.39 is 42.0 Å². The van der Waals surface area contributed by atoms with Crippen molar-refractivity contribution < 1.29 is 28.2 Å². The first-order valence-electron chi connectivity index (χ1n) is 13.3. The van der Waals surface area contributed by atoms with Crippen molar-refractivity contribution in [2.24, 2.45) is 5.92 Å². The molecule has 0 bridgehead atoms. The third kappa shape index (κ3) is 5.59. The quantitative estimate of drug-likeness (QED) is 0.345. The van der Waals surface area contributed by atoms with Crippen LogP contribution in [0.5, 0.6) is 5.75 Å². The average Bonchev–Trinajstić information content (AvgIpc) is 3.66. The molecule has 1 aromatic carbocycles. The summed E-state index contributed by atoms with van der Waals surface area (Å²) in [5, 5.41) is 14.8. The predicted octanol–water partition coefficient (Wildman–Crippen LogP) is 3.66. The van der Waals surface area contributed by atoms with Crippen molar-refractivity contribution in [3.63, 3.8) is 0 Å². The van der Waals surface area contributed by atoms with E-state index in [-0.39, 0.29) is 23.2 Å². The monoisotopic (exact) mass is 541 g/mol. The molecule has 2 fully saturated rings. The van der Waals surface area contributed by atoms with Crippen LogP contribution >= 0.6 is 0 Å². The maximum Gasteiger partial charge on any atom is 0.255 e. The third-order valence-corrected chi connectivity index (χ3v) is 7.52. The summed E-state index contributed by atoms with van der Waals surface area (Å²) in [5.41, 5.74) is 2.35. The number of H-pyrrole nitrogens is 1. The number of alkyl halides is 1. The van der Waals surface area contributed by atoms with Crippen LogP contribution in [0.2, 0.25) is 0 Å². The summed E-state index contributed by atoms with van der Waals surface area (Å²) >= 11 is 0. The molecule has 2 saturated carbocycles. The molecule has 2 aliphatic rings. The lowest BCUT2D eigenvalue weighted by atomic mass is 9.89. The van der Waals surface area contributed by atoms with Crippen molar-refractivity contribution in [2.75, 3.05) is 6.61 Å². The molecule has 39 heavy (non-hydrogen) atoms. The lowest BCUT2D eigenvalue weighted by Crippen LogP contribution is -2.51. The van der Waals surface area contributed by atoms with Crippen molar-refractivity contribution in [1.82, 2.24) is 25.6 Å². The molecule has 2 aliphatic carbocycles. The number of nitrogens with one attached hydrogen (secondary N) is 3. The van der Waals surface area contributed by atoms with E-state index in [2.05, 4.69) is 25.6 Å². The van der Waals surface area contributed by atoms with E-state index >= 15 is 4.39 Å². The normalized spacial score (nSPS) is 21.9. The molecule has 11 heteroatoms. The Bertz CT molecular complexity index is 1400. The fourth-order valence-electron chi connectivity index (χ4n) is 5.06. The van der Waals surface area contributed by atoms with Crippen LogP contribution < -0.4 is 15.4 Å². The number of halogens is 2. The van der Waals surface area contributed by atoms with Crippen LogP contribution in [0, 0.1) is 25.6 Å². The molecule has 5 rings (SSSR count). The van der Waals surface area contributed by atoms with Gasteiger partial charge in [-0.1, -0.05) is 6.07 Å². The molecule has 3 aromatic rings. The number of hydrogen-bond acceptors (Lipinski definition) is 6. The maximum absolute atomic E-state index is 15.5. The Hall–Kier alpha value is -3.60. The SMILES string of the molecule is Cc1ccc(OCC2CC2)c(-c2ncnc3c(C(=O)N[C@@H]4CC[C@H](NC(=O)[C@H](C)O)C[C@H]4F)c(C)[nH]c23)c1F. The van der Waals surface area contributed by atoms with Crippen molar-refractivity contribution in [3.05, 3.63) is 41.1 Å². The smallest absolute Gasteiger partial charge is 0.255 e. The molecule has 0 radical (unpaired) electrons. The Balaban J connectivity index is 1.40. The second-order valence-electron chi connectivity index (χ2n) is 10.7. The highest BCUT2D eigenvalue weighted by molar-refractivity contribution is 6.09. The number of carbonyl (C=O) groups excluding carboxylic acids is 2. The molecule has 9 nitrogen and oxygen atoms in total. The molecule has 2 amide bonds. The van der Waals surface area contributed by atoms with Gasteiger partial charge in [0.2, 0.25) is 5.91 Å². The van der Waals surface area contributed by atoms with Gasteiger partial charge in [0.05, 0.1) is 29.3 Å². The van der Waals surface area contributed by atoms with Gasteiger partial charge in [-0.3, -0.25) is 9.59 Å². The van der Waals surface area contributed by atoms with Crippen LogP contribution in [0.15, 0.2) is 18.5 Å². The Morgan fingerprint density at radius 3 is 2.64 bits per heavy atom. The first-order chi connectivity index (χ1) is 18.6. The second-order valence-corrected chi connectivity index (χ2v) is 10.7. The number of aryl methyl sites for hydroxylation is 2. The van der Waals surface area contributed by atoms with E-state index in [1.54, 1.807) is 26.0 Å². The Morgan fingerprint density at radius 2 is 1.95 bits per heavy atom. The van der Waals surface area contributed by atoms with Crippen LogP contribution in [-0.2, 0) is 4.79 Å². The molecular weight excluding hydrogens is 508 g/mol. The standard InChI is InChI=1S/C28H33F2N5O4/c1-13-4-9-20(39-11-16-5-6-16)22(23(13)30)25-26-24(31-12-32-25)21(14(2)33-26)28(38)35-19-8-7-17(10-18(19)29)34-27(37)15(3)36/h4,9,12,15-19,33,36H,5-8,10-11H2,1-3H3,(H,34,37)(H,35,38)/t15-,17-,18+,19+/m0/s1. The van der Waals surface area contributed by atoms with E-state index in [0.29, 0.717) is 53.4 Å². The van der Waals surface area contributed by atoms with E-state index in [9.17, 15) is 19.1 Å². The van der Waals surface area contributed by atoms with Gasteiger partial charge >= 0.3 is 0 Å². The van der Waals surface area contributed by atoms with Gasteiger partial charge in [-0.2, -0.15) is 0 Å². The van der Waals surface area contributed by atoms with Crippen molar-refractivity contribution >= 4 is 22.8 Å². The number of nitrogens with zero attached hydrogens (tertiary/aromatic N) is 2. The lowest BCUT2D eigenvalue weighted by molar-refractivity contribution is -0.129. The highest BCUT2D eigenvalue weighted by atomic mass is 19.1. The number of fused-ring (bicyclic) bond motifs is 1. The van der Waals surface area contributed by atoms with E-state index in [1.165, 1.54) is 13.3 Å². The van der Waals surface area contributed by atoms with Crippen molar-refractivity contribution in [2.45, 2.75) is 77.2 Å². The van der Waals surface area contributed by atoms with Crippen LogP contribution in [-0.4, -0.2) is 62.8 Å². The number of ether oxygens (including phenoxy) is 1. The average molecular weight is 542 g/mol. The predicted molar refractivity (Wildman–Crippen MR) is 141 cm³/mol. The van der Waals surface area contributed by atoms with E-state index in [1.807, 2.05) is 0 Å². The zero-order valence-electron chi connectivity index (χ0n) is 22.2. The first-order valence-corrected chi connectivity index (χ1v) is 13.3. The number of carbonyl (C=O) groups is 2. The fraction of sp³-hybridized carbons (Fsp3) is 0.500. The van der Waals surface area contributed by atoms with Gasteiger partial charge in [0.1, 0.15) is 41.4 Å². The molecule has 4 N–H and O–H groups in total. The first kappa shape index (κ1) is 27.0. The molecule has 0 aliphatic heterocycles. The summed E-state index contributed by atoms with van der Waals surface area (Å²) in [6, 6.07) is 2.23. The van der Waals surface area contributed by atoms with E-state index in [0.717, 1.165) is 12.8 Å². The van der Waals surface area contributed by atoms with Gasteiger partial charge in [-0.15, -0.1) is 0 Å². The van der Waals surface area contributed by atoms with Crippen LogP contribution in [0.1, 0.15) is 60.6 Å². The topological polar surface area (TPSA) is 129 Å². The van der Waals surface area contributed by atoms with Gasteiger partial charge in [-0.25, -0.2) is 18.7 Å². The minimum absolute atomic E-state index is 0.0266. The number of rotatable bonds is 8. The molecule has 0 spiro atoms. The summed E-state index contributed by atoms with van der Waals surface area (Å²) in [7, 11) is 0. The van der Waals surface area contributed by atoms with Crippen LogP contribution in [0.3, 0.4) is 0 Å². The number of aromatic nitrogens is 3. The Labute approximate surface area is 224 Å². The number of aromatic amines is 1. The molecule has 0 saturated heterocycles. The van der Waals surface area contributed by atoms with Gasteiger partial charge in [-0.05, 0) is 64.0 Å². The van der Waals surface area contributed by atoms with Gasteiger partial charge in [0.15, 0.2) is 0 Å². The van der Waals surface area contributed by atoms with Crippen LogP contribution in [0.4, 0.5) is 8.78 Å². The minimum Gasteiger partial charge on any atom is -0.492 e. The number of amides is 2. The van der Waals surface area contributed by atoms with Gasteiger partial charge < -0.3 is 25.5 Å². The maximum atomic E-state index is 15.5. The molecular formula is C28H33F2N5O4. The summed E-state index contributed by atoms with van der Waals surface area (Å²) in [6.07, 6.45) is 1.70. The highest BCUT2D eigenvalue weighted by Gasteiger charge is 2.34. The van der Waals surface area contributed by atoms with Crippen molar-refractivity contribution in [1.29, 1.82) is 0 Å². The summed E-state index contributed by atoms with van der Waals surface area (Å²) in [4.78, 5) is 36.9. The minimum atomic E-state index is -1.38. The molecule has 2 heterocycles. The number of benzene rings is 1. The summed E-state index contributed by atoms with van der Waals surface area (Å²) in [5.74, 6) is -0.660. The third-order valence-electron chi connectivity index (χ3n) is 7.52.